The van der Waals surface area contributed by atoms with E-state index in [-0.39, 0.29) is 12.3 Å². The second-order valence-corrected chi connectivity index (χ2v) is 7.83. The normalized spacial score (nSPS) is 10.8. The molecule has 0 spiro atoms. The molecule has 0 saturated heterocycles. The standard InChI is InChI=1S/C24H23BrN2O5/c1-3-30-23-13-20(14-26-32-16-19-5-4-6-21(11-19)27(28)29)12-22(25)24(23)31-15-18-9-7-17(2)8-10-18/h4-14H,3,15-16H2,1-2H3/b26-14-. The van der Waals surface area contributed by atoms with Gasteiger partial charge in [0.25, 0.3) is 5.69 Å². The van der Waals surface area contributed by atoms with Crippen LogP contribution in [0.4, 0.5) is 5.69 Å². The third-order valence-electron chi connectivity index (χ3n) is 4.46. The lowest BCUT2D eigenvalue weighted by Gasteiger charge is -2.14. The Kier molecular flexibility index (Phi) is 8.21. The lowest BCUT2D eigenvalue weighted by molar-refractivity contribution is -0.384. The van der Waals surface area contributed by atoms with Crippen molar-refractivity contribution in [1.29, 1.82) is 0 Å². The summed E-state index contributed by atoms with van der Waals surface area (Å²) in [6.07, 6.45) is 1.55. The average molecular weight is 499 g/mol. The number of nitro benzene ring substituents is 1. The van der Waals surface area contributed by atoms with Crippen molar-refractivity contribution in [1.82, 2.24) is 0 Å². The van der Waals surface area contributed by atoms with E-state index in [4.69, 9.17) is 14.3 Å². The zero-order chi connectivity index (χ0) is 22.9. The van der Waals surface area contributed by atoms with Crippen LogP contribution >= 0.6 is 15.9 Å². The summed E-state index contributed by atoms with van der Waals surface area (Å²) in [7, 11) is 0. The molecule has 0 aromatic heterocycles. The molecule has 0 heterocycles. The first kappa shape index (κ1) is 23.3. The highest BCUT2D eigenvalue weighted by molar-refractivity contribution is 9.10. The maximum atomic E-state index is 10.9. The summed E-state index contributed by atoms with van der Waals surface area (Å²) >= 11 is 3.55. The Hall–Kier alpha value is -3.39. The van der Waals surface area contributed by atoms with Crippen molar-refractivity contribution in [3.05, 3.63) is 97.5 Å². The summed E-state index contributed by atoms with van der Waals surface area (Å²) in [6.45, 7) is 4.97. The van der Waals surface area contributed by atoms with Gasteiger partial charge in [-0.1, -0.05) is 47.1 Å². The maximum Gasteiger partial charge on any atom is 0.269 e. The monoisotopic (exact) mass is 498 g/mol. The SMILES string of the molecule is CCOc1cc(/C=N\OCc2cccc([N+](=O)[O-])c2)cc(Br)c1OCc1ccc(C)cc1. The van der Waals surface area contributed by atoms with Crippen LogP contribution in [0.2, 0.25) is 0 Å². The van der Waals surface area contributed by atoms with E-state index in [1.54, 1.807) is 18.3 Å². The van der Waals surface area contributed by atoms with Crippen molar-refractivity contribution >= 4 is 27.8 Å². The number of hydrogen-bond acceptors (Lipinski definition) is 6. The zero-order valence-corrected chi connectivity index (χ0v) is 19.4. The van der Waals surface area contributed by atoms with E-state index in [2.05, 4.69) is 21.1 Å². The van der Waals surface area contributed by atoms with Crippen molar-refractivity contribution in [2.75, 3.05) is 6.61 Å². The van der Waals surface area contributed by atoms with Gasteiger partial charge < -0.3 is 14.3 Å². The molecule has 3 aromatic rings. The molecule has 3 rings (SSSR count). The lowest BCUT2D eigenvalue weighted by Crippen LogP contribution is -2.01. The van der Waals surface area contributed by atoms with E-state index in [9.17, 15) is 10.1 Å². The molecule has 32 heavy (non-hydrogen) atoms. The third-order valence-corrected chi connectivity index (χ3v) is 5.05. The Morgan fingerprint density at radius 3 is 2.53 bits per heavy atom. The number of nitrogens with zero attached hydrogens (tertiary/aromatic N) is 2. The molecule has 0 N–H and O–H groups in total. The van der Waals surface area contributed by atoms with Crippen LogP contribution in [0.3, 0.4) is 0 Å². The van der Waals surface area contributed by atoms with Gasteiger partial charge in [0, 0.05) is 17.7 Å². The van der Waals surface area contributed by atoms with Crippen molar-refractivity contribution in [3.8, 4) is 11.5 Å². The molecule has 0 amide bonds. The minimum atomic E-state index is -0.442. The minimum Gasteiger partial charge on any atom is -0.490 e. The van der Waals surface area contributed by atoms with Gasteiger partial charge in [0.2, 0.25) is 0 Å². The van der Waals surface area contributed by atoms with E-state index in [1.165, 1.54) is 17.7 Å². The van der Waals surface area contributed by atoms with Gasteiger partial charge in [0.1, 0.15) is 13.2 Å². The smallest absolute Gasteiger partial charge is 0.269 e. The largest absolute Gasteiger partial charge is 0.490 e. The summed E-state index contributed by atoms with van der Waals surface area (Å²) in [4.78, 5) is 15.7. The number of halogens is 1. The molecule has 0 saturated carbocycles. The van der Waals surface area contributed by atoms with Crippen molar-refractivity contribution in [2.24, 2.45) is 5.16 Å². The fraction of sp³-hybridized carbons (Fsp3) is 0.208. The average Bonchev–Trinajstić information content (AvgIpc) is 2.78. The van der Waals surface area contributed by atoms with Gasteiger partial charge in [0.05, 0.1) is 22.2 Å². The Morgan fingerprint density at radius 1 is 1.03 bits per heavy atom. The van der Waals surface area contributed by atoms with Crippen LogP contribution in [0.5, 0.6) is 11.5 Å². The first-order valence-electron chi connectivity index (χ1n) is 9.99. The van der Waals surface area contributed by atoms with E-state index in [0.717, 1.165) is 15.6 Å². The molecule has 0 unspecified atom stereocenters. The lowest BCUT2D eigenvalue weighted by atomic mass is 10.2. The second-order valence-electron chi connectivity index (χ2n) is 6.97. The molecule has 0 atom stereocenters. The van der Waals surface area contributed by atoms with Crippen LogP contribution < -0.4 is 9.47 Å². The van der Waals surface area contributed by atoms with E-state index in [0.29, 0.717) is 30.3 Å². The number of benzene rings is 3. The maximum absolute atomic E-state index is 10.9. The minimum absolute atomic E-state index is 0.0154. The number of non-ortho nitro benzene ring substituents is 1. The number of nitro groups is 1. The van der Waals surface area contributed by atoms with Crippen LogP contribution in [-0.2, 0) is 18.1 Å². The number of ether oxygens (including phenoxy) is 2. The quantitative estimate of drug-likeness (QED) is 0.189. The Labute approximate surface area is 194 Å². The molecule has 8 heteroatoms. The molecule has 0 aliphatic heterocycles. The predicted molar refractivity (Wildman–Crippen MR) is 126 cm³/mol. The molecule has 166 valence electrons. The Balaban J connectivity index is 1.67. The van der Waals surface area contributed by atoms with Crippen LogP contribution in [0.1, 0.15) is 29.2 Å². The van der Waals surface area contributed by atoms with Crippen LogP contribution in [0, 0.1) is 17.0 Å². The number of rotatable bonds is 10. The Bertz CT molecular complexity index is 1100. The summed E-state index contributed by atoms with van der Waals surface area (Å²) < 4.78 is 12.5. The van der Waals surface area contributed by atoms with Crippen molar-refractivity contribution in [2.45, 2.75) is 27.1 Å². The molecule has 3 aromatic carbocycles. The van der Waals surface area contributed by atoms with Crippen LogP contribution in [0.15, 0.2) is 70.3 Å². The first-order valence-corrected chi connectivity index (χ1v) is 10.8. The number of oxime groups is 1. The first-order chi connectivity index (χ1) is 15.5. The van der Waals surface area contributed by atoms with Gasteiger partial charge in [-0.15, -0.1) is 0 Å². The van der Waals surface area contributed by atoms with Crippen molar-refractivity contribution in [3.63, 3.8) is 0 Å². The van der Waals surface area contributed by atoms with Crippen molar-refractivity contribution < 1.29 is 19.2 Å². The molecular weight excluding hydrogens is 476 g/mol. The summed E-state index contributed by atoms with van der Waals surface area (Å²) in [5, 5.41) is 14.8. The molecule has 7 nitrogen and oxygen atoms in total. The highest BCUT2D eigenvalue weighted by Gasteiger charge is 2.12. The summed E-state index contributed by atoms with van der Waals surface area (Å²) in [5.41, 5.74) is 3.68. The van der Waals surface area contributed by atoms with E-state index in [1.807, 2.05) is 50.2 Å². The van der Waals surface area contributed by atoms with Gasteiger partial charge in [-0.05, 0) is 53.0 Å². The molecule has 0 aliphatic rings. The Morgan fingerprint density at radius 2 is 1.81 bits per heavy atom. The highest BCUT2D eigenvalue weighted by Crippen LogP contribution is 2.37. The van der Waals surface area contributed by atoms with Gasteiger partial charge in [-0.2, -0.15) is 0 Å². The summed E-state index contributed by atoms with van der Waals surface area (Å²) in [6, 6.07) is 18.1. The van der Waals surface area contributed by atoms with Crippen LogP contribution in [-0.4, -0.2) is 17.7 Å². The van der Waals surface area contributed by atoms with Gasteiger partial charge in [-0.3, -0.25) is 10.1 Å². The molecule has 0 aliphatic carbocycles. The van der Waals surface area contributed by atoms with Gasteiger partial charge >= 0.3 is 0 Å². The topological polar surface area (TPSA) is 83.2 Å². The fourth-order valence-electron chi connectivity index (χ4n) is 2.88. The number of hydrogen-bond donors (Lipinski definition) is 0. The molecule has 0 fully saturated rings. The van der Waals surface area contributed by atoms with Gasteiger partial charge in [0.15, 0.2) is 11.5 Å². The highest BCUT2D eigenvalue weighted by atomic mass is 79.9. The molecular formula is C24H23BrN2O5. The molecule has 0 bridgehead atoms. The van der Waals surface area contributed by atoms with E-state index < -0.39 is 4.92 Å². The van der Waals surface area contributed by atoms with E-state index >= 15 is 0 Å². The fourth-order valence-corrected chi connectivity index (χ4v) is 3.45. The van der Waals surface area contributed by atoms with Crippen LogP contribution in [0.25, 0.3) is 0 Å². The molecule has 0 radical (unpaired) electrons. The summed E-state index contributed by atoms with van der Waals surface area (Å²) in [5.74, 6) is 1.20. The third kappa shape index (κ3) is 6.55. The zero-order valence-electron chi connectivity index (χ0n) is 17.8. The predicted octanol–water partition coefficient (Wildman–Crippen LogP) is 6.19. The van der Waals surface area contributed by atoms with Gasteiger partial charge in [-0.25, -0.2) is 0 Å². The second kappa shape index (κ2) is 11.3. The number of aryl methyl sites for hydroxylation is 1.